The molecule has 0 aliphatic heterocycles. The molecule has 0 bridgehead atoms. The second-order valence-corrected chi connectivity index (χ2v) is 8.41. The topological polar surface area (TPSA) is 25.4 Å². The summed E-state index contributed by atoms with van der Waals surface area (Å²) >= 11 is 0. The Hall–Kier alpha value is -2.93. The highest BCUT2D eigenvalue weighted by Crippen LogP contribution is 2.47. The molecule has 1 aliphatic rings. The lowest BCUT2D eigenvalue weighted by Gasteiger charge is -2.28. The second kappa shape index (κ2) is 9.28. The molecule has 7 heteroatoms. The summed E-state index contributed by atoms with van der Waals surface area (Å²) in [5.74, 6) is 0.173. The largest absolute Gasteiger partial charge is 0.493 e. The monoisotopic (exact) mass is 444 g/mol. The van der Waals surface area contributed by atoms with Crippen LogP contribution in [0.15, 0.2) is 73.1 Å². The van der Waals surface area contributed by atoms with Gasteiger partial charge in [0.1, 0.15) is 11.6 Å². The lowest BCUT2D eigenvalue weighted by molar-refractivity contribution is -0.137. The number of nitrogens with zero attached hydrogens (tertiary/aromatic N) is 2. The van der Waals surface area contributed by atoms with Gasteiger partial charge >= 0.3 is 6.18 Å². The van der Waals surface area contributed by atoms with Crippen molar-refractivity contribution in [3.8, 4) is 5.75 Å². The van der Waals surface area contributed by atoms with E-state index in [1.54, 1.807) is 24.5 Å². The summed E-state index contributed by atoms with van der Waals surface area (Å²) in [7, 11) is 0. The smallest absolute Gasteiger partial charge is 0.416 e. The molecular weight excluding hydrogens is 420 g/mol. The number of halogens is 4. The molecule has 168 valence electrons. The third-order valence-corrected chi connectivity index (χ3v) is 5.72. The molecule has 32 heavy (non-hydrogen) atoms. The average Bonchev–Trinajstić information content (AvgIpc) is 3.54. The van der Waals surface area contributed by atoms with Gasteiger partial charge in [-0.2, -0.15) is 13.2 Å². The minimum atomic E-state index is -4.37. The fraction of sp³-hybridized carbons (Fsp3) is 0.320. The summed E-state index contributed by atoms with van der Waals surface area (Å²) < 4.78 is 58.4. The molecule has 4 rings (SSSR count). The normalized spacial score (nSPS) is 15.0. The van der Waals surface area contributed by atoms with E-state index < -0.39 is 11.7 Å². The van der Waals surface area contributed by atoms with E-state index in [0.29, 0.717) is 37.6 Å². The highest BCUT2D eigenvalue weighted by Gasteiger charge is 2.45. The zero-order valence-electron chi connectivity index (χ0n) is 17.5. The predicted octanol–water partition coefficient (Wildman–Crippen LogP) is 6.10. The predicted molar refractivity (Wildman–Crippen MR) is 113 cm³/mol. The van der Waals surface area contributed by atoms with Crippen molar-refractivity contribution in [3.63, 3.8) is 0 Å². The van der Waals surface area contributed by atoms with Crippen LogP contribution in [0.1, 0.15) is 29.5 Å². The van der Waals surface area contributed by atoms with Gasteiger partial charge in [-0.25, -0.2) is 4.39 Å². The van der Waals surface area contributed by atoms with E-state index in [2.05, 4.69) is 9.88 Å². The van der Waals surface area contributed by atoms with Crippen LogP contribution >= 0.6 is 0 Å². The number of pyridine rings is 1. The van der Waals surface area contributed by atoms with E-state index in [4.69, 9.17) is 4.74 Å². The SMILES string of the molecule is Fc1ccccc1CN(Cc1cccnc1)CC1(COc2ccc(C(F)(F)F)cc2)CC1. The van der Waals surface area contributed by atoms with Gasteiger partial charge < -0.3 is 4.74 Å². The average molecular weight is 444 g/mol. The van der Waals surface area contributed by atoms with Gasteiger partial charge in [-0.1, -0.05) is 24.3 Å². The summed E-state index contributed by atoms with van der Waals surface area (Å²) in [6, 6.07) is 15.4. The number of ether oxygens (including phenoxy) is 1. The Morgan fingerprint density at radius 2 is 1.69 bits per heavy atom. The van der Waals surface area contributed by atoms with Gasteiger partial charge in [0, 0.05) is 43.0 Å². The van der Waals surface area contributed by atoms with Crippen molar-refractivity contribution in [2.75, 3.05) is 13.2 Å². The van der Waals surface area contributed by atoms with E-state index in [-0.39, 0.29) is 11.2 Å². The van der Waals surface area contributed by atoms with Crippen LogP contribution < -0.4 is 4.74 Å². The maximum Gasteiger partial charge on any atom is 0.416 e. The molecule has 0 N–H and O–H groups in total. The molecule has 1 aromatic heterocycles. The molecule has 0 amide bonds. The summed E-state index contributed by atoms with van der Waals surface area (Å²) in [5.41, 5.74) is 0.855. The standard InChI is InChI=1S/C25H24F4N2O/c26-23-6-2-1-5-20(23)16-31(15-19-4-3-13-30-14-19)17-24(11-12-24)18-32-22-9-7-21(8-10-22)25(27,28)29/h1-10,13-14H,11-12,15-18H2. The molecule has 1 saturated carbocycles. The van der Waals surface area contributed by atoms with Crippen LogP contribution in [-0.4, -0.2) is 23.0 Å². The number of hydrogen-bond donors (Lipinski definition) is 0. The van der Waals surface area contributed by atoms with Crippen molar-refractivity contribution in [2.24, 2.45) is 5.41 Å². The van der Waals surface area contributed by atoms with Crippen molar-refractivity contribution in [2.45, 2.75) is 32.1 Å². The lowest BCUT2D eigenvalue weighted by atomic mass is 10.1. The molecule has 0 radical (unpaired) electrons. The van der Waals surface area contributed by atoms with Crippen molar-refractivity contribution >= 4 is 0 Å². The van der Waals surface area contributed by atoms with E-state index in [0.717, 1.165) is 30.5 Å². The van der Waals surface area contributed by atoms with Gasteiger partial charge in [-0.3, -0.25) is 9.88 Å². The molecule has 3 nitrogen and oxygen atoms in total. The van der Waals surface area contributed by atoms with Crippen LogP contribution in [0.3, 0.4) is 0 Å². The van der Waals surface area contributed by atoms with E-state index in [1.165, 1.54) is 18.2 Å². The molecule has 0 spiro atoms. The van der Waals surface area contributed by atoms with Gasteiger partial charge in [0.05, 0.1) is 12.2 Å². The zero-order valence-corrected chi connectivity index (χ0v) is 17.5. The van der Waals surface area contributed by atoms with Gasteiger partial charge in [0.2, 0.25) is 0 Å². The summed E-state index contributed by atoms with van der Waals surface area (Å²) in [5, 5.41) is 0. The van der Waals surface area contributed by atoms with Gasteiger partial charge in [0.25, 0.3) is 0 Å². The maximum atomic E-state index is 14.3. The molecule has 1 aliphatic carbocycles. The van der Waals surface area contributed by atoms with Crippen molar-refractivity contribution in [3.05, 3.63) is 95.6 Å². The number of aromatic nitrogens is 1. The van der Waals surface area contributed by atoms with E-state index in [1.807, 2.05) is 18.2 Å². The first-order valence-corrected chi connectivity index (χ1v) is 10.5. The highest BCUT2D eigenvalue weighted by molar-refractivity contribution is 5.29. The second-order valence-electron chi connectivity index (χ2n) is 8.41. The van der Waals surface area contributed by atoms with E-state index >= 15 is 0 Å². The van der Waals surface area contributed by atoms with Crippen molar-refractivity contribution in [1.29, 1.82) is 0 Å². The molecule has 0 atom stereocenters. The molecule has 0 unspecified atom stereocenters. The first kappa shape index (κ1) is 22.3. The molecule has 2 aromatic carbocycles. The van der Waals surface area contributed by atoms with Gasteiger partial charge in [-0.05, 0) is 54.8 Å². The number of alkyl halides is 3. The molecule has 0 saturated heterocycles. The third-order valence-electron chi connectivity index (χ3n) is 5.72. The van der Waals surface area contributed by atoms with Crippen molar-refractivity contribution < 1.29 is 22.3 Å². The number of hydrogen-bond acceptors (Lipinski definition) is 3. The van der Waals surface area contributed by atoms with Crippen LogP contribution in [0, 0.1) is 11.2 Å². The van der Waals surface area contributed by atoms with Gasteiger partial charge in [0.15, 0.2) is 0 Å². The fourth-order valence-electron chi connectivity index (χ4n) is 3.76. The Bertz CT molecular complexity index is 1020. The number of benzene rings is 2. The van der Waals surface area contributed by atoms with Crippen LogP contribution in [0.25, 0.3) is 0 Å². The van der Waals surface area contributed by atoms with Crippen LogP contribution in [0.5, 0.6) is 5.75 Å². The first-order chi connectivity index (χ1) is 15.3. The van der Waals surface area contributed by atoms with Crippen LogP contribution in [0.4, 0.5) is 17.6 Å². The fourth-order valence-corrected chi connectivity index (χ4v) is 3.76. The molecule has 1 heterocycles. The Balaban J connectivity index is 1.43. The molecule has 1 fully saturated rings. The molecular formula is C25H24F4N2O. The Labute approximate surface area is 184 Å². The third kappa shape index (κ3) is 5.85. The Kier molecular flexibility index (Phi) is 6.46. The summed E-state index contributed by atoms with van der Waals surface area (Å²) in [6.07, 6.45) is 1.05. The Morgan fingerprint density at radius 1 is 0.938 bits per heavy atom. The van der Waals surface area contributed by atoms with Crippen LogP contribution in [-0.2, 0) is 19.3 Å². The quantitative estimate of drug-likeness (QED) is 0.373. The zero-order chi connectivity index (χ0) is 22.6. The minimum absolute atomic E-state index is 0.101. The van der Waals surface area contributed by atoms with E-state index in [9.17, 15) is 17.6 Å². The number of rotatable bonds is 9. The lowest BCUT2D eigenvalue weighted by Crippen LogP contribution is -2.33. The maximum absolute atomic E-state index is 14.3. The summed E-state index contributed by atoms with van der Waals surface area (Å²) in [6.45, 7) is 2.16. The Morgan fingerprint density at radius 3 is 2.31 bits per heavy atom. The first-order valence-electron chi connectivity index (χ1n) is 10.5. The van der Waals surface area contributed by atoms with Gasteiger partial charge in [-0.15, -0.1) is 0 Å². The van der Waals surface area contributed by atoms with Crippen molar-refractivity contribution in [1.82, 2.24) is 9.88 Å². The molecule has 3 aromatic rings. The minimum Gasteiger partial charge on any atom is -0.493 e. The summed E-state index contributed by atoms with van der Waals surface area (Å²) in [4.78, 5) is 6.35. The highest BCUT2D eigenvalue weighted by atomic mass is 19.4. The van der Waals surface area contributed by atoms with Crippen LogP contribution in [0.2, 0.25) is 0 Å².